The summed E-state index contributed by atoms with van der Waals surface area (Å²) >= 11 is 0. The molecule has 0 radical (unpaired) electrons. The second-order valence-electron chi connectivity index (χ2n) is 15.7. The third-order valence-corrected chi connectivity index (χ3v) is 12.5. The van der Waals surface area contributed by atoms with Crippen molar-refractivity contribution in [3.63, 3.8) is 0 Å². The molecule has 9 amide bonds. The van der Waals surface area contributed by atoms with Crippen molar-refractivity contribution in [2.75, 3.05) is 25.5 Å². The maximum Gasteiger partial charge on any atom is 0.417 e. The molecule has 4 fully saturated rings. The van der Waals surface area contributed by atoms with E-state index in [2.05, 4.69) is 20.7 Å². The number of sulfonamides is 1. The molecule has 4 aliphatic heterocycles. The molecule has 2 aromatic rings. The van der Waals surface area contributed by atoms with Crippen molar-refractivity contribution in [1.29, 1.82) is 0 Å². The zero-order valence-corrected chi connectivity index (χ0v) is 35.7. The number of nitrogens with zero attached hydrogens (tertiary/aromatic N) is 4. The highest BCUT2D eigenvalue weighted by atomic mass is 32.2. The summed E-state index contributed by atoms with van der Waals surface area (Å²) in [6, 6.07) is 0.393. The molecule has 4 heterocycles. The van der Waals surface area contributed by atoms with Gasteiger partial charge in [-0.2, -0.15) is 0 Å². The van der Waals surface area contributed by atoms with Gasteiger partial charge in [-0.1, -0.05) is 18.2 Å². The Bertz CT molecular complexity index is 2340. The summed E-state index contributed by atoms with van der Waals surface area (Å²) in [7, 11) is -0.271. The third kappa shape index (κ3) is 8.58. The van der Waals surface area contributed by atoms with E-state index < -0.39 is 118 Å². The third-order valence-electron chi connectivity index (χ3n) is 11.0. The van der Waals surface area contributed by atoms with Gasteiger partial charge in [0.1, 0.15) is 36.4 Å². The normalized spacial score (nSPS) is 28.9. The number of fused-ring (bicyclic) bond motifs is 4. The lowest BCUT2D eigenvalue weighted by Crippen LogP contribution is -2.62. The summed E-state index contributed by atoms with van der Waals surface area (Å²) < 4.78 is 44.8. The Labute approximate surface area is 355 Å². The van der Waals surface area contributed by atoms with E-state index in [-0.39, 0.29) is 30.7 Å². The van der Waals surface area contributed by atoms with Crippen LogP contribution in [0.3, 0.4) is 0 Å². The average Bonchev–Trinajstić information content (AvgIpc) is 3.80. The van der Waals surface area contributed by atoms with Gasteiger partial charge >= 0.3 is 18.3 Å². The molecule has 22 nitrogen and oxygen atoms in total. The van der Waals surface area contributed by atoms with E-state index >= 15 is 0 Å². The van der Waals surface area contributed by atoms with Crippen LogP contribution in [0.15, 0.2) is 41.3 Å². The first kappa shape index (κ1) is 45.2. The molecular weight excluding hydrogens is 837 g/mol. The van der Waals surface area contributed by atoms with Crippen LogP contribution in [0, 0.1) is 0 Å². The molecule has 0 bridgehead atoms. The Morgan fingerprint density at radius 1 is 0.629 bits per heavy atom. The number of hydrogen-bond acceptors (Lipinski definition) is 15. The van der Waals surface area contributed by atoms with Crippen LogP contribution < -0.4 is 25.6 Å². The van der Waals surface area contributed by atoms with E-state index in [0.717, 1.165) is 11.1 Å². The maximum absolute atomic E-state index is 14.4. The van der Waals surface area contributed by atoms with Crippen LogP contribution in [0.1, 0.15) is 53.9 Å². The molecule has 4 saturated heterocycles. The zero-order valence-electron chi connectivity index (χ0n) is 34.9. The SMILES string of the molecule is C[C@@H]1NC(=O)[C@H]2[C@H](C)OC(=O)N2C(=O)[C@H](C)NC(=O)[C@H]2[C@H](C)OC(=O)N2C(=O)[C@H](CCCCNS(=O)(=O)c2ccc3c(N(C)C)cccc3c2)NC(=O)[C@H]2[C@H](C)OC(=O)N2C1=O. The quantitative estimate of drug-likeness (QED) is 0.202. The second-order valence-corrected chi connectivity index (χ2v) is 17.5. The van der Waals surface area contributed by atoms with Crippen LogP contribution in [-0.2, 0) is 53.0 Å². The molecule has 9 atom stereocenters. The Morgan fingerprint density at radius 2 is 1.10 bits per heavy atom. The van der Waals surface area contributed by atoms with E-state index in [1.807, 2.05) is 31.1 Å². The number of amides is 9. The monoisotopic (exact) mass is 884 g/mol. The number of imide groups is 3. The number of carbonyl (C=O) groups is 9. The Hall–Kier alpha value is -6.36. The van der Waals surface area contributed by atoms with Gasteiger partial charge in [0.05, 0.1) is 4.90 Å². The van der Waals surface area contributed by atoms with E-state index in [4.69, 9.17) is 14.2 Å². The minimum atomic E-state index is -4.01. The van der Waals surface area contributed by atoms with Crippen LogP contribution in [0.5, 0.6) is 0 Å². The van der Waals surface area contributed by atoms with Crippen LogP contribution in [0.25, 0.3) is 10.8 Å². The minimum absolute atomic E-state index is 0.0133. The molecule has 0 aliphatic carbocycles. The second kappa shape index (κ2) is 17.6. The van der Waals surface area contributed by atoms with E-state index in [0.29, 0.717) is 20.1 Å². The van der Waals surface area contributed by atoms with Gasteiger partial charge in [-0.25, -0.2) is 42.2 Å². The van der Waals surface area contributed by atoms with Crippen LogP contribution in [-0.4, -0.2) is 152 Å². The van der Waals surface area contributed by atoms with Crippen molar-refractivity contribution < 1.29 is 65.8 Å². The van der Waals surface area contributed by atoms with Crippen LogP contribution in [0.4, 0.5) is 20.1 Å². The van der Waals surface area contributed by atoms with Gasteiger partial charge < -0.3 is 35.1 Å². The fourth-order valence-electron chi connectivity index (χ4n) is 7.87. The van der Waals surface area contributed by atoms with E-state index in [1.165, 1.54) is 40.7 Å². The van der Waals surface area contributed by atoms with Gasteiger partial charge in [0.15, 0.2) is 18.1 Å². The van der Waals surface area contributed by atoms with Crippen LogP contribution in [0.2, 0.25) is 0 Å². The number of carbonyl (C=O) groups excluding carboxylic acids is 9. The molecule has 23 heteroatoms. The molecular formula is C39H48N8O14S. The largest absolute Gasteiger partial charge is 0.443 e. The number of cyclic esters (lactones) is 3. The first-order chi connectivity index (χ1) is 29.1. The highest BCUT2D eigenvalue weighted by Gasteiger charge is 2.54. The number of nitrogens with one attached hydrogen (secondary N) is 4. The smallest absolute Gasteiger partial charge is 0.417 e. The Balaban J connectivity index is 1.26. The standard InChI is InChI=1S/C39H48N8O14S/c1-18-34(51)45-28(20(3)59-37(45)54)31(48)41-19(2)35(52)46-30(22(5)60-38(46)55)33(50)43-26(36(53)47-29(32(49)42-18)21(4)61-39(47)56)12-8-9-16-40-62(57,58)24-14-15-25-23(17-24)11-10-13-27(25)44(6)7/h10-11,13-15,17-22,26,28-30,40H,8-9,12,16H2,1-7H3,(H,41,48)(H,42,49)(H,43,50)/t18-,19-,20-,21-,22-,26-,28+,29+,30+/m0/s1. The molecule has 0 aromatic heterocycles. The number of benzene rings is 2. The molecule has 4 aliphatic rings. The Morgan fingerprint density at radius 3 is 1.58 bits per heavy atom. The Kier molecular flexibility index (Phi) is 12.8. The first-order valence-electron chi connectivity index (χ1n) is 19.9. The fourth-order valence-corrected chi connectivity index (χ4v) is 8.98. The van der Waals surface area contributed by atoms with Crippen molar-refractivity contribution in [1.82, 2.24) is 35.4 Å². The van der Waals surface area contributed by atoms with Crippen molar-refractivity contribution >= 4 is 80.2 Å². The summed E-state index contributed by atoms with van der Waals surface area (Å²) in [5.41, 5.74) is 0.899. The predicted molar refractivity (Wildman–Crippen MR) is 214 cm³/mol. The average molecular weight is 885 g/mol. The molecule has 2 aromatic carbocycles. The molecule has 0 spiro atoms. The van der Waals surface area contributed by atoms with E-state index in [9.17, 15) is 51.6 Å². The van der Waals surface area contributed by atoms with E-state index in [1.54, 1.807) is 18.2 Å². The lowest BCUT2D eigenvalue weighted by Gasteiger charge is -2.30. The highest BCUT2D eigenvalue weighted by molar-refractivity contribution is 7.89. The number of ether oxygens (including phenoxy) is 3. The van der Waals surface area contributed by atoms with Crippen molar-refractivity contribution in [3.8, 4) is 0 Å². The summed E-state index contributed by atoms with van der Waals surface area (Å²) in [5, 5.41) is 8.73. The lowest BCUT2D eigenvalue weighted by atomic mass is 10.0. The number of hydrogen-bond donors (Lipinski definition) is 4. The van der Waals surface area contributed by atoms with Crippen molar-refractivity contribution in [3.05, 3.63) is 36.4 Å². The summed E-state index contributed by atoms with van der Waals surface area (Å²) in [5.74, 6) is -6.57. The zero-order chi connectivity index (χ0) is 45.5. The molecule has 0 saturated carbocycles. The summed E-state index contributed by atoms with van der Waals surface area (Å²) in [6.45, 7) is 6.16. The fraction of sp³-hybridized carbons (Fsp3) is 0.513. The highest BCUT2D eigenvalue weighted by Crippen LogP contribution is 2.29. The number of unbranched alkanes of at least 4 members (excludes halogenated alkanes) is 1. The molecule has 0 unspecified atom stereocenters. The molecule has 6 rings (SSSR count). The van der Waals surface area contributed by atoms with Gasteiger partial charge in [0, 0.05) is 31.7 Å². The number of anilines is 1. The van der Waals surface area contributed by atoms with Crippen LogP contribution >= 0.6 is 0 Å². The summed E-state index contributed by atoms with van der Waals surface area (Å²) in [4.78, 5) is 126. The van der Waals surface area contributed by atoms with Gasteiger partial charge in [-0.3, -0.25) is 28.8 Å². The minimum Gasteiger partial charge on any atom is -0.443 e. The lowest BCUT2D eigenvalue weighted by molar-refractivity contribution is -0.144. The predicted octanol–water partition coefficient (Wildman–Crippen LogP) is 0.0699. The molecule has 334 valence electrons. The first-order valence-corrected chi connectivity index (χ1v) is 21.3. The topological polar surface area (TPSA) is 277 Å². The van der Waals surface area contributed by atoms with Gasteiger partial charge in [-0.05, 0) is 77.5 Å². The van der Waals surface area contributed by atoms with Gasteiger partial charge in [-0.15, -0.1) is 0 Å². The maximum atomic E-state index is 14.4. The molecule has 4 N–H and O–H groups in total. The van der Waals surface area contributed by atoms with Crippen molar-refractivity contribution in [2.45, 2.75) is 113 Å². The molecule has 62 heavy (non-hydrogen) atoms. The van der Waals surface area contributed by atoms with Gasteiger partial charge in [0.2, 0.25) is 27.7 Å². The van der Waals surface area contributed by atoms with Crippen molar-refractivity contribution in [2.24, 2.45) is 0 Å². The number of rotatable bonds is 8. The summed E-state index contributed by atoms with van der Waals surface area (Å²) in [6.07, 6.45) is -7.71. The van der Waals surface area contributed by atoms with Gasteiger partial charge in [0.25, 0.3) is 17.7 Å².